The van der Waals surface area contributed by atoms with Crippen molar-refractivity contribution in [3.05, 3.63) is 12.2 Å². The largest absolute Gasteiger partial charge is 0.481 e. The molecule has 130 valence electrons. The molecular formula is C17H31FO2S2. The first-order valence-corrected chi connectivity index (χ1v) is 10.5. The Labute approximate surface area is 144 Å². The molecule has 2 nitrogen and oxygen atoms in total. The molecule has 22 heavy (non-hydrogen) atoms. The maximum Gasteiger partial charge on any atom is 0.304 e. The zero-order chi connectivity index (χ0) is 16.3. The molecule has 0 atom stereocenters. The lowest BCUT2D eigenvalue weighted by Crippen LogP contribution is -1.96. The van der Waals surface area contributed by atoms with Gasteiger partial charge in [-0.2, -0.15) is 15.6 Å². The first-order chi connectivity index (χ1) is 10.8. The Hall–Kier alpha value is -0.160. The predicted molar refractivity (Wildman–Crippen MR) is 98.5 cm³/mol. The highest BCUT2D eigenvalue weighted by Gasteiger charge is 1.96. The van der Waals surface area contributed by atoms with Crippen LogP contribution in [-0.2, 0) is 4.79 Å². The van der Waals surface area contributed by atoms with Crippen molar-refractivity contribution in [2.24, 2.45) is 0 Å². The van der Waals surface area contributed by atoms with Crippen LogP contribution in [0.25, 0.3) is 0 Å². The van der Waals surface area contributed by atoms with Crippen LogP contribution in [0, 0.1) is 0 Å². The Morgan fingerprint density at radius 1 is 0.818 bits per heavy atom. The van der Waals surface area contributed by atoms with Crippen LogP contribution >= 0.6 is 23.9 Å². The number of carboxylic acid groups (broad SMARTS) is 1. The van der Waals surface area contributed by atoms with E-state index in [1.807, 2.05) is 0 Å². The van der Waals surface area contributed by atoms with Crippen molar-refractivity contribution in [1.82, 2.24) is 0 Å². The van der Waals surface area contributed by atoms with E-state index in [2.05, 4.69) is 12.2 Å². The van der Waals surface area contributed by atoms with Crippen LogP contribution in [0.3, 0.4) is 0 Å². The van der Waals surface area contributed by atoms with E-state index in [4.69, 9.17) is 5.11 Å². The average molecular weight is 351 g/mol. The summed E-state index contributed by atoms with van der Waals surface area (Å²) < 4.78 is 11.8. The molecule has 0 unspecified atom stereocenters. The van der Waals surface area contributed by atoms with Gasteiger partial charge in [-0.3, -0.25) is 4.79 Å². The fourth-order valence-electron chi connectivity index (χ4n) is 2.09. The second-order valence-electron chi connectivity index (χ2n) is 5.45. The van der Waals surface area contributed by atoms with Gasteiger partial charge in [0.15, 0.2) is 0 Å². The minimum atomic E-state index is -0.700. The van der Waals surface area contributed by atoms with Crippen LogP contribution in [0.4, 0.5) is 3.89 Å². The Balaban J connectivity index is 3.07. The summed E-state index contributed by atoms with van der Waals surface area (Å²) >= 11 is 2.19. The fourth-order valence-corrected chi connectivity index (χ4v) is 3.33. The molecule has 0 radical (unpaired) electrons. The second-order valence-corrected chi connectivity index (χ2v) is 7.30. The van der Waals surface area contributed by atoms with Crippen molar-refractivity contribution < 1.29 is 13.8 Å². The van der Waals surface area contributed by atoms with E-state index < -0.39 is 5.97 Å². The third-order valence-electron chi connectivity index (χ3n) is 3.38. The summed E-state index contributed by atoms with van der Waals surface area (Å²) in [5, 5.41) is 8.50. The van der Waals surface area contributed by atoms with Gasteiger partial charge < -0.3 is 5.11 Å². The van der Waals surface area contributed by atoms with Gasteiger partial charge in [0.25, 0.3) is 0 Å². The maximum atomic E-state index is 11.8. The molecule has 0 bridgehead atoms. The highest BCUT2D eigenvalue weighted by molar-refractivity contribution is 7.99. The van der Waals surface area contributed by atoms with Gasteiger partial charge in [0.2, 0.25) is 0 Å². The maximum absolute atomic E-state index is 11.8. The summed E-state index contributed by atoms with van der Waals surface area (Å²) in [5.74, 6) is 1.76. The zero-order valence-corrected chi connectivity index (χ0v) is 15.2. The molecule has 0 aliphatic rings. The van der Waals surface area contributed by atoms with E-state index in [0.29, 0.717) is 17.9 Å². The molecule has 0 aromatic carbocycles. The minimum absolute atomic E-state index is 0.277. The van der Waals surface area contributed by atoms with Crippen LogP contribution < -0.4 is 0 Å². The lowest BCUT2D eigenvalue weighted by atomic mass is 10.1. The van der Waals surface area contributed by atoms with E-state index in [1.54, 1.807) is 11.8 Å². The van der Waals surface area contributed by atoms with Crippen LogP contribution in [0.2, 0.25) is 0 Å². The lowest BCUT2D eigenvalue weighted by molar-refractivity contribution is -0.136. The van der Waals surface area contributed by atoms with E-state index in [9.17, 15) is 8.68 Å². The summed E-state index contributed by atoms with van der Waals surface area (Å²) in [4.78, 5) is 10.3. The molecule has 0 heterocycles. The quantitative estimate of drug-likeness (QED) is 0.248. The standard InChI is InChI=1S/C17H31FO2S2/c18-22-15-12-10-8-6-4-2-1-3-5-7-9-11-14-21-16-13-17(19)20/h3,5H,1-2,4,6-16H2,(H,19,20)/b5-3-. The highest BCUT2D eigenvalue weighted by Crippen LogP contribution is 2.11. The molecule has 0 amide bonds. The molecule has 0 saturated carbocycles. The second kappa shape index (κ2) is 18.9. The summed E-state index contributed by atoms with van der Waals surface area (Å²) in [6, 6.07) is 0. The van der Waals surface area contributed by atoms with Crippen LogP contribution in [0.5, 0.6) is 0 Å². The molecule has 0 saturated heterocycles. The average Bonchev–Trinajstić information content (AvgIpc) is 2.50. The van der Waals surface area contributed by atoms with E-state index in [1.165, 1.54) is 44.9 Å². The van der Waals surface area contributed by atoms with Gasteiger partial charge in [-0.1, -0.05) is 37.8 Å². The number of carbonyl (C=O) groups is 1. The Morgan fingerprint density at radius 3 is 2.00 bits per heavy atom. The Kier molecular flexibility index (Phi) is 18.8. The molecule has 0 aliphatic carbocycles. The van der Waals surface area contributed by atoms with Gasteiger partial charge in [-0.05, 0) is 44.3 Å². The zero-order valence-electron chi connectivity index (χ0n) is 13.6. The first kappa shape index (κ1) is 21.8. The summed E-state index contributed by atoms with van der Waals surface area (Å²) in [7, 11) is 0. The molecule has 0 spiro atoms. The van der Waals surface area contributed by atoms with E-state index in [-0.39, 0.29) is 6.42 Å². The van der Waals surface area contributed by atoms with E-state index in [0.717, 1.165) is 30.8 Å². The van der Waals surface area contributed by atoms with Crippen LogP contribution in [0.1, 0.15) is 70.6 Å². The molecule has 0 aliphatic heterocycles. The summed E-state index contributed by atoms with van der Waals surface area (Å²) in [5.41, 5.74) is 0. The lowest BCUT2D eigenvalue weighted by Gasteiger charge is -1.99. The number of hydrogen-bond acceptors (Lipinski definition) is 3. The molecule has 0 aromatic heterocycles. The van der Waals surface area contributed by atoms with Crippen molar-refractivity contribution in [3.63, 3.8) is 0 Å². The summed E-state index contributed by atoms with van der Waals surface area (Å²) in [6.07, 6.45) is 16.8. The molecule has 1 N–H and O–H groups in total. The number of thioether (sulfide) groups is 1. The number of carboxylic acids is 1. The summed E-state index contributed by atoms with van der Waals surface area (Å²) in [6.45, 7) is 0. The molecule has 0 fully saturated rings. The van der Waals surface area contributed by atoms with Crippen LogP contribution in [-0.4, -0.2) is 28.3 Å². The van der Waals surface area contributed by atoms with Gasteiger partial charge in [0, 0.05) is 23.7 Å². The topological polar surface area (TPSA) is 37.3 Å². The normalized spacial score (nSPS) is 11.3. The minimum Gasteiger partial charge on any atom is -0.481 e. The third-order valence-corrected chi connectivity index (χ3v) is 4.89. The van der Waals surface area contributed by atoms with Crippen molar-refractivity contribution >= 4 is 29.9 Å². The Morgan fingerprint density at radius 2 is 1.36 bits per heavy atom. The molecule has 5 heteroatoms. The smallest absolute Gasteiger partial charge is 0.304 e. The first-order valence-electron chi connectivity index (χ1n) is 8.45. The molecule has 0 rings (SSSR count). The van der Waals surface area contributed by atoms with Crippen molar-refractivity contribution in [1.29, 1.82) is 0 Å². The monoisotopic (exact) mass is 350 g/mol. The number of rotatable bonds is 17. The third kappa shape index (κ3) is 19.8. The van der Waals surface area contributed by atoms with Gasteiger partial charge in [0.05, 0.1) is 6.42 Å². The van der Waals surface area contributed by atoms with E-state index >= 15 is 0 Å². The van der Waals surface area contributed by atoms with Crippen molar-refractivity contribution in [3.8, 4) is 0 Å². The van der Waals surface area contributed by atoms with Crippen molar-refractivity contribution in [2.75, 3.05) is 17.3 Å². The highest BCUT2D eigenvalue weighted by atomic mass is 32.2. The fraction of sp³-hybridized carbons (Fsp3) is 0.824. The van der Waals surface area contributed by atoms with Gasteiger partial charge in [-0.15, -0.1) is 0 Å². The van der Waals surface area contributed by atoms with Crippen molar-refractivity contribution in [2.45, 2.75) is 70.6 Å². The van der Waals surface area contributed by atoms with Gasteiger partial charge in [-0.25, -0.2) is 0 Å². The predicted octanol–water partition coefficient (Wildman–Crippen LogP) is 6.27. The van der Waals surface area contributed by atoms with Crippen LogP contribution in [0.15, 0.2) is 12.2 Å². The number of unbranched alkanes of at least 4 members (excludes halogenated alkanes) is 8. The number of aliphatic carboxylic acids is 1. The number of hydrogen-bond donors (Lipinski definition) is 1. The molecule has 0 aromatic rings. The van der Waals surface area contributed by atoms with Gasteiger partial charge in [0.1, 0.15) is 0 Å². The SMILES string of the molecule is O=C(O)CCSCCCC/C=C\CCCCCCCCSF. The molecular weight excluding hydrogens is 319 g/mol. The number of halogens is 1. The number of allylic oxidation sites excluding steroid dienone is 2. The van der Waals surface area contributed by atoms with Gasteiger partial charge >= 0.3 is 5.97 Å². The Bertz CT molecular complexity index is 273.